The van der Waals surface area contributed by atoms with Crippen LogP contribution in [-0.2, 0) is 11.3 Å². The molecule has 2 amide bonds. The number of rotatable bonds is 4. The van der Waals surface area contributed by atoms with E-state index in [1.807, 2.05) is 0 Å². The summed E-state index contributed by atoms with van der Waals surface area (Å²) in [5.74, 6) is -1.40. The highest BCUT2D eigenvalue weighted by molar-refractivity contribution is 6.34. The summed E-state index contributed by atoms with van der Waals surface area (Å²) in [4.78, 5) is 38.7. The highest BCUT2D eigenvalue weighted by atomic mass is 35.5. The predicted molar refractivity (Wildman–Crippen MR) is 105 cm³/mol. The van der Waals surface area contributed by atoms with Crippen molar-refractivity contribution in [2.45, 2.75) is 6.61 Å². The van der Waals surface area contributed by atoms with Gasteiger partial charge in [-0.3, -0.25) is 9.59 Å². The minimum Gasteiger partial charge on any atom is -0.457 e. The molecule has 0 aromatic heterocycles. The number of benzene rings is 3. The molecule has 0 unspecified atom stereocenters. The molecule has 3 aromatic rings. The van der Waals surface area contributed by atoms with Crippen LogP contribution in [0.5, 0.6) is 0 Å². The van der Waals surface area contributed by atoms with Gasteiger partial charge in [0, 0.05) is 10.6 Å². The standard InChI is InChI=1S/C22H14ClNO4/c23-19-11-4-1-6-15(19)13-28-22(27)14-7-5-8-16(12-14)24-20(25)17-9-2-3-10-18(17)21(24)26/h1-12H,13H2. The Labute approximate surface area is 166 Å². The van der Waals surface area contributed by atoms with Crippen molar-refractivity contribution < 1.29 is 19.1 Å². The number of hydrogen-bond donors (Lipinski definition) is 0. The van der Waals surface area contributed by atoms with Crippen molar-refractivity contribution >= 4 is 35.1 Å². The molecule has 0 N–H and O–H groups in total. The average Bonchev–Trinajstić information content (AvgIpc) is 2.98. The molecule has 0 radical (unpaired) electrons. The van der Waals surface area contributed by atoms with Gasteiger partial charge in [-0.2, -0.15) is 0 Å². The Morgan fingerprint density at radius 1 is 0.857 bits per heavy atom. The average molecular weight is 392 g/mol. The molecule has 1 aliphatic rings. The van der Waals surface area contributed by atoms with E-state index < -0.39 is 17.8 Å². The minimum atomic E-state index is -0.571. The molecule has 3 aromatic carbocycles. The van der Waals surface area contributed by atoms with E-state index in [9.17, 15) is 14.4 Å². The molecular weight excluding hydrogens is 378 g/mol. The fourth-order valence-electron chi connectivity index (χ4n) is 3.04. The van der Waals surface area contributed by atoms with Gasteiger partial charge in [-0.1, -0.05) is 48.0 Å². The van der Waals surface area contributed by atoms with Crippen molar-refractivity contribution in [1.29, 1.82) is 0 Å². The number of amides is 2. The number of hydrogen-bond acceptors (Lipinski definition) is 4. The second-order valence-corrected chi connectivity index (χ2v) is 6.62. The number of nitrogens with zero attached hydrogens (tertiary/aromatic N) is 1. The van der Waals surface area contributed by atoms with Gasteiger partial charge < -0.3 is 4.74 Å². The number of carbonyl (C=O) groups is 3. The van der Waals surface area contributed by atoms with Crippen molar-refractivity contribution in [2.75, 3.05) is 4.90 Å². The van der Waals surface area contributed by atoms with E-state index in [-0.39, 0.29) is 12.2 Å². The summed E-state index contributed by atoms with van der Waals surface area (Å²) in [6.45, 7) is 0.0236. The molecule has 138 valence electrons. The van der Waals surface area contributed by atoms with Crippen LogP contribution in [0.2, 0.25) is 5.02 Å². The van der Waals surface area contributed by atoms with Gasteiger partial charge in [0.1, 0.15) is 6.61 Å². The van der Waals surface area contributed by atoms with E-state index in [0.29, 0.717) is 27.4 Å². The first-order valence-corrected chi connectivity index (χ1v) is 8.92. The molecule has 1 heterocycles. The third-order valence-corrected chi connectivity index (χ3v) is 4.82. The number of imide groups is 1. The number of fused-ring (bicyclic) bond motifs is 1. The Hall–Kier alpha value is -3.44. The van der Waals surface area contributed by atoms with Crippen LogP contribution in [0.15, 0.2) is 72.8 Å². The Kier molecular flexibility index (Phi) is 4.67. The molecule has 0 saturated heterocycles. The Balaban J connectivity index is 1.55. The van der Waals surface area contributed by atoms with Crippen LogP contribution in [0.4, 0.5) is 5.69 Å². The van der Waals surface area contributed by atoms with Gasteiger partial charge in [0.15, 0.2) is 0 Å². The monoisotopic (exact) mass is 391 g/mol. The summed E-state index contributed by atoms with van der Waals surface area (Å²) >= 11 is 6.07. The Bertz CT molecular complexity index is 1070. The highest BCUT2D eigenvalue weighted by Gasteiger charge is 2.36. The molecule has 0 spiro atoms. The van der Waals surface area contributed by atoms with Gasteiger partial charge in [-0.25, -0.2) is 9.69 Å². The zero-order chi connectivity index (χ0) is 19.7. The van der Waals surface area contributed by atoms with E-state index >= 15 is 0 Å². The van der Waals surface area contributed by atoms with Gasteiger partial charge in [0.05, 0.1) is 22.4 Å². The molecular formula is C22H14ClNO4. The smallest absolute Gasteiger partial charge is 0.338 e. The van der Waals surface area contributed by atoms with Crippen LogP contribution in [0, 0.1) is 0 Å². The van der Waals surface area contributed by atoms with Gasteiger partial charge in [-0.15, -0.1) is 0 Å². The van der Waals surface area contributed by atoms with Gasteiger partial charge in [-0.05, 0) is 36.4 Å². The molecule has 5 nitrogen and oxygen atoms in total. The lowest BCUT2D eigenvalue weighted by atomic mass is 10.1. The molecule has 6 heteroatoms. The molecule has 0 fully saturated rings. The lowest BCUT2D eigenvalue weighted by Gasteiger charge is -2.15. The summed E-state index contributed by atoms with van der Waals surface area (Å²) in [5, 5.41) is 0.509. The largest absolute Gasteiger partial charge is 0.457 e. The van der Waals surface area contributed by atoms with E-state index in [2.05, 4.69) is 0 Å². The van der Waals surface area contributed by atoms with Crippen molar-refractivity contribution in [3.05, 3.63) is 100 Å². The highest BCUT2D eigenvalue weighted by Crippen LogP contribution is 2.29. The fourth-order valence-corrected chi connectivity index (χ4v) is 3.23. The number of halogens is 1. The van der Waals surface area contributed by atoms with E-state index in [0.717, 1.165) is 4.90 Å². The third kappa shape index (κ3) is 3.17. The van der Waals surface area contributed by atoms with Gasteiger partial charge in [0.25, 0.3) is 11.8 Å². The van der Waals surface area contributed by atoms with Crippen LogP contribution < -0.4 is 4.90 Å². The summed E-state index contributed by atoms with van der Waals surface area (Å²) < 4.78 is 5.32. The van der Waals surface area contributed by atoms with E-state index in [1.54, 1.807) is 66.7 Å². The zero-order valence-corrected chi connectivity index (χ0v) is 15.3. The van der Waals surface area contributed by atoms with Crippen LogP contribution in [-0.4, -0.2) is 17.8 Å². The number of esters is 1. The SMILES string of the molecule is O=C(OCc1ccccc1Cl)c1cccc(N2C(=O)c3ccccc3C2=O)c1. The van der Waals surface area contributed by atoms with Crippen LogP contribution in [0.1, 0.15) is 36.6 Å². The summed E-state index contributed by atoms with van der Waals surface area (Å²) in [6, 6.07) is 19.9. The topological polar surface area (TPSA) is 63.7 Å². The van der Waals surface area contributed by atoms with Crippen molar-refractivity contribution in [3.8, 4) is 0 Å². The van der Waals surface area contributed by atoms with Gasteiger partial charge >= 0.3 is 5.97 Å². The summed E-state index contributed by atoms with van der Waals surface area (Å²) in [7, 11) is 0. The van der Waals surface area contributed by atoms with Crippen molar-refractivity contribution in [3.63, 3.8) is 0 Å². The molecule has 1 aliphatic heterocycles. The van der Waals surface area contributed by atoms with Crippen molar-refractivity contribution in [1.82, 2.24) is 0 Å². The number of ether oxygens (including phenoxy) is 1. The Morgan fingerprint density at radius 2 is 1.50 bits per heavy atom. The molecule has 4 rings (SSSR count). The van der Waals surface area contributed by atoms with Gasteiger partial charge in [0.2, 0.25) is 0 Å². The first-order valence-electron chi connectivity index (χ1n) is 8.54. The lowest BCUT2D eigenvalue weighted by Crippen LogP contribution is -2.29. The second-order valence-electron chi connectivity index (χ2n) is 6.21. The number of carbonyl (C=O) groups excluding carboxylic acids is 3. The molecule has 0 bridgehead atoms. The molecule has 0 saturated carbocycles. The van der Waals surface area contributed by atoms with Crippen molar-refractivity contribution in [2.24, 2.45) is 0 Å². The second kappa shape index (κ2) is 7.29. The first kappa shape index (κ1) is 17.9. The maximum atomic E-state index is 12.6. The molecule has 28 heavy (non-hydrogen) atoms. The van der Waals surface area contributed by atoms with E-state index in [1.165, 1.54) is 6.07 Å². The maximum Gasteiger partial charge on any atom is 0.338 e. The molecule has 0 aliphatic carbocycles. The van der Waals surface area contributed by atoms with Crippen LogP contribution >= 0.6 is 11.6 Å². The maximum absolute atomic E-state index is 12.6. The Morgan fingerprint density at radius 3 is 2.18 bits per heavy atom. The van der Waals surface area contributed by atoms with E-state index in [4.69, 9.17) is 16.3 Å². The first-order chi connectivity index (χ1) is 13.6. The normalized spacial score (nSPS) is 12.8. The zero-order valence-electron chi connectivity index (χ0n) is 14.6. The minimum absolute atomic E-state index is 0.0236. The predicted octanol–water partition coefficient (Wildman–Crippen LogP) is 4.50. The lowest BCUT2D eigenvalue weighted by molar-refractivity contribution is 0.0472. The summed E-state index contributed by atoms with van der Waals surface area (Å²) in [5.41, 5.74) is 1.94. The third-order valence-electron chi connectivity index (χ3n) is 4.45. The quantitative estimate of drug-likeness (QED) is 0.485. The molecule has 0 atom stereocenters. The van der Waals surface area contributed by atoms with Crippen LogP contribution in [0.3, 0.4) is 0 Å². The summed E-state index contributed by atoms with van der Waals surface area (Å²) in [6.07, 6.45) is 0. The number of anilines is 1. The van der Waals surface area contributed by atoms with Crippen LogP contribution in [0.25, 0.3) is 0 Å². The fraction of sp³-hybridized carbons (Fsp3) is 0.0455.